The third kappa shape index (κ3) is 3.31. The molecule has 0 spiro atoms. The molecule has 1 N–H and O–H groups in total. The Balaban J connectivity index is 1.70. The van der Waals surface area contributed by atoms with Crippen LogP contribution >= 0.6 is 0 Å². The quantitative estimate of drug-likeness (QED) is 0.731. The zero-order valence-electron chi connectivity index (χ0n) is 16.0. The van der Waals surface area contributed by atoms with E-state index in [2.05, 4.69) is 15.5 Å². The summed E-state index contributed by atoms with van der Waals surface area (Å²) in [6.45, 7) is 6.78. The molecule has 0 aliphatic carbocycles. The Labute approximate surface area is 162 Å². The van der Waals surface area contributed by atoms with Crippen LogP contribution in [0.25, 0.3) is 11.5 Å². The summed E-state index contributed by atoms with van der Waals surface area (Å²) in [6, 6.07) is 10.9. The largest absolute Gasteiger partial charge is 0.486 e. The molecule has 1 aromatic heterocycles. The van der Waals surface area contributed by atoms with E-state index in [-0.39, 0.29) is 11.8 Å². The van der Waals surface area contributed by atoms with Gasteiger partial charge < -0.3 is 19.3 Å². The van der Waals surface area contributed by atoms with Crippen molar-refractivity contribution in [3.05, 3.63) is 53.3 Å². The number of fused-ring (bicyclic) bond motifs is 1. The molecule has 1 aliphatic rings. The summed E-state index contributed by atoms with van der Waals surface area (Å²) in [4.78, 5) is 17.5. The number of anilines is 1. The van der Waals surface area contributed by atoms with Crippen LogP contribution in [0.15, 0.2) is 40.9 Å². The fourth-order valence-corrected chi connectivity index (χ4v) is 3.02. The van der Waals surface area contributed by atoms with Gasteiger partial charge in [0.1, 0.15) is 13.2 Å². The highest BCUT2D eigenvalue weighted by Crippen LogP contribution is 2.35. The maximum atomic E-state index is 13.0. The van der Waals surface area contributed by atoms with E-state index in [1.807, 2.05) is 39.0 Å². The molecule has 1 aliphatic heterocycles. The Kier molecular flexibility index (Phi) is 4.73. The molecular formula is C21H21N3O4. The minimum atomic E-state index is -0.290. The van der Waals surface area contributed by atoms with Gasteiger partial charge >= 0.3 is 0 Å². The zero-order valence-corrected chi connectivity index (χ0v) is 16.0. The molecular weight excluding hydrogens is 358 g/mol. The molecule has 28 heavy (non-hydrogen) atoms. The standard InChI is InChI=1S/C21H21N3O4/c1-12(2)19-23-21(28-24-19)14-7-4-6-13(3)17(14)22-20(25)15-8-5-9-16-18(15)27-11-10-26-16/h4-9,12H,10-11H2,1-3H3,(H,22,25). The second kappa shape index (κ2) is 7.34. The van der Waals surface area contributed by atoms with Crippen LogP contribution in [0.1, 0.15) is 41.5 Å². The second-order valence-electron chi connectivity index (χ2n) is 6.89. The van der Waals surface area contributed by atoms with Gasteiger partial charge in [0.15, 0.2) is 17.3 Å². The Morgan fingerprint density at radius 1 is 1.11 bits per heavy atom. The number of nitrogens with zero attached hydrogens (tertiary/aromatic N) is 2. The van der Waals surface area contributed by atoms with E-state index < -0.39 is 0 Å². The molecule has 7 nitrogen and oxygen atoms in total. The number of carbonyl (C=O) groups excluding carboxylic acids is 1. The predicted molar refractivity (Wildman–Crippen MR) is 104 cm³/mol. The SMILES string of the molecule is Cc1cccc(-c2nc(C(C)C)no2)c1NC(=O)c1cccc2c1OCCO2. The van der Waals surface area contributed by atoms with Gasteiger partial charge in [-0.15, -0.1) is 0 Å². The van der Waals surface area contributed by atoms with Crippen LogP contribution in [-0.2, 0) is 0 Å². The Morgan fingerprint density at radius 2 is 1.89 bits per heavy atom. The van der Waals surface area contributed by atoms with Crippen molar-refractivity contribution in [3.63, 3.8) is 0 Å². The molecule has 0 atom stereocenters. The highest BCUT2D eigenvalue weighted by Gasteiger charge is 2.23. The van der Waals surface area contributed by atoms with Gasteiger partial charge in [-0.3, -0.25) is 4.79 Å². The van der Waals surface area contributed by atoms with Gasteiger partial charge in [0.05, 0.1) is 16.8 Å². The average Bonchev–Trinajstić information content (AvgIpc) is 3.19. The summed E-state index contributed by atoms with van der Waals surface area (Å²) in [5.41, 5.74) is 2.60. The van der Waals surface area contributed by atoms with Gasteiger partial charge in [0.2, 0.25) is 0 Å². The van der Waals surface area contributed by atoms with Gasteiger partial charge in [-0.1, -0.05) is 37.2 Å². The smallest absolute Gasteiger partial charge is 0.260 e. The Morgan fingerprint density at radius 3 is 2.68 bits per heavy atom. The van der Waals surface area contributed by atoms with Crippen LogP contribution in [0.4, 0.5) is 5.69 Å². The topological polar surface area (TPSA) is 86.5 Å². The normalized spacial score (nSPS) is 12.9. The number of rotatable bonds is 4. The first kappa shape index (κ1) is 18.0. The first-order valence-corrected chi connectivity index (χ1v) is 9.18. The molecule has 2 heterocycles. The summed E-state index contributed by atoms with van der Waals surface area (Å²) in [5.74, 6) is 1.88. The fraction of sp³-hybridized carbons (Fsp3) is 0.286. The van der Waals surface area contributed by atoms with E-state index in [0.717, 1.165) is 5.56 Å². The van der Waals surface area contributed by atoms with Gasteiger partial charge in [-0.2, -0.15) is 4.98 Å². The van der Waals surface area contributed by atoms with Crippen LogP contribution in [0, 0.1) is 6.92 Å². The summed E-state index contributed by atoms with van der Waals surface area (Å²) in [6.07, 6.45) is 0. The number of nitrogens with one attached hydrogen (secondary N) is 1. The number of amides is 1. The number of hydrogen-bond donors (Lipinski definition) is 1. The minimum absolute atomic E-state index is 0.147. The maximum absolute atomic E-state index is 13.0. The van der Waals surface area contributed by atoms with Gasteiger partial charge in [0.25, 0.3) is 11.8 Å². The van der Waals surface area contributed by atoms with Crippen molar-refractivity contribution in [3.8, 4) is 23.0 Å². The molecule has 4 rings (SSSR count). The minimum Gasteiger partial charge on any atom is -0.486 e. The average molecular weight is 379 g/mol. The van der Waals surface area contributed by atoms with Crippen LogP contribution in [0.2, 0.25) is 0 Å². The lowest BCUT2D eigenvalue weighted by atomic mass is 10.1. The molecule has 0 unspecified atom stereocenters. The highest BCUT2D eigenvalue weighted by molar-refractivity contribution is 6.08. The summed E-state index contributed by atoms with van der Waals surface area (Å²) in [7, 11) is 0. The van der Waals surface area contributed by atoms with E-state index in [4.69, 9.17) is 14.0 Å². The molecule has 3 aromatic rings. The number of hydrogen-bond acceptors (Lipinski definition) is 6. The monoisotopic (exact) mass is 379 g/mol. The summed E-state index contributed by atoms with van der Waals surface area (Å²) >= 11 is 0. The highest BCUT2D eigenvalue weighted by atomic mass is 16.6. The Hall–Kier alpha value is -3.35. The van der Waals surface area contributed by atoms with Crippen molar-refractivity contribution in [1.29, 1.82) is 0 Å². The van der Waals surface area contributed by atoms with Gasteiger partial charge in [0, 0.05) is 5.92 Å². The van der Waals surface area contributed by atoms with Gasteiger partial charge in [-0.05, 0) is 30.7 Å². The van der Waals surface area contributed by atoms with Crippen molar-refractivity contribution >= 4 is 11.6 Å². The predicted octanol–water partition coefficient (Wildman–Crippen LogP) is 4.19. The lowest BCUT2D eigenvalue weighted by Gasteiger charge is -2.21. The van der Waals surface area contributed by atoms with Crippen molar-refractivity contribution in [2.45, 2.75) is 26.7 Å². The van der Waals surface area contributed by atoms with Crippen molar-refractivity contribution in [2.24, 2.45) is 0 Å². The molecule has 2 aromatic carbocycles. The first-order valence-electron chi connectivity index (χ1n) is 9.18. The Bertz CT molecular complexity index is 1030. The third-order valence-corrected chi connectivity index (χ3v) is 4.51. The van der Waals surface area contributed by atoms with Crippen LogP contribution in [0.5, 0.6) is 11.5 Å². The molecule has 144 valence electrons. The van der Waals surface area contributed by atoms with Crippen LogP contribution in [0.3, 0.4) is 0 Å². The van der Waals surface area contributed by atoms with E-state index >= 15 is 0 Å². The number of carbonyl (C=O) groups is 1. The van der Waals surface area contributed by atoms with Crippen molar-refractivity contribution in [2.75, 3.05) is 18.5 Å². The summed E-state index contributed by atoms with van der Waals surface area (Å²) < 4.78 is 16.7. The van der Waals surface area contributed by atoms with E-state index in [9.17, 15) is 4.79 Å². The molecule has 0 saturated carbocycles. The second-order valence-corrected chi connectivity index (χ2v) is 6.89. The van der Waals surface area contributed by atoms with E-state index in [0.29, 0.717) is 53.2 Å². The summed E-state index contributed by atoms with van der Waals surface area (Å²) in [5, 5.41) is 7.00. The zero-order chi connectivity index (χ0) is 19.7. The number of aromatic nitrogens is 2. The molecule has 0 saturated heterocycles. The number of ether oxygens (including phenoxy) is 2. The lowest BCUT2D eigenvalue weighted by Crippen LogP contribution is -2.20. The van der Waals surface area contributed by atoms with Crippen LogP contribution in [-0.4, -0.2) is 29.3 Å². The molecule has 1 amide bonds. The van der Waals surface area contributed by atoms with E-state index in [1.165, 1.54) is 0 Å². The maximum Gasteiger partial charge on any atom is 0.260 e. The fourth-order valence-electron chi connectivity index (χ4n) is 3.02. The van der Waals surface area contributed by atoms with Crippen molar-refractivity contribution < 1.29 is 18.8 Å². The molecule has 7 heteroatoms. The molecule has 0 radical (unpaired) electrons. The third-order valence-electron chi connectivity index (χ3n) is 4.51. The number of benzene rings is 2. The van der Waals surface area contributed by atoms with E-state index in [1.54, 1.807) is 18.2 Å². The lowest BCUT2D eigenvalue weighted by molar-refractivity contribution is 0.101. The van der Waals surface area contributed by atoms with Crippen LogP contribution < -0.4 is 14.8 Å². The first-order chi connectivity index (χ1) is 13.5. The molecule has 0 bridgehead atoms. The van der Waals surface area contributed by atoms with Crippen molar-refractivity contribution in [1.82, 2.24) is 10.1 Å². The molecule has 0 fully saturated rings. The van der Waals surface area contributed by atoms with Gasteiger partial charge in [-0.25, -0.2) is 0 Å². The number of para-hydroxylation sites is 2. The number of aryl methyl sites for hydroxylation is 1.